The highest BCUT2D eigenvalue weighted by Crippen LogP contribution is 2.26. The molecular weight excluding hydrogens is 546 g/mol. The number of benzene rings is 3. The minimum absolute atomic E-state index is 0.0182. The van der Waals surface area contributed by atoms with Gasteiger partial charge in [-0.1, -0.05) is 79.4 Å². The number of aryl methyl sites for hydroxylation is 1. The first-order valence-corrected chi connectivity index (χ1v) is 15.5. The molecule has 9 heteroatoms. The average molecular weight is 582 g/mol. The second-order valence-electron chi connectivity index (χ2n) is 10.2. The predicted octanol–water partition coefficient (Wildman–Crippen LogP) is 5.71. The van der Waals surface area contributed by atoms with Crippen molar-refractivity contribution in [1.29, 1.82) is 0 Å². The highest BCUT2D eigenvalue weighted by atomic mass is 35.5. The third-order valence-electron chi connectivity index (χ3n) is 7.29. The zero-order chi connectivity index (χ0) is 28.7. The summed E-state index contributed by atoms with van der Waals surface area (Å²) in [5.74, 6) is -0.669. The smallest absolute Gasteiger partial charge is 0.264 e. The minimum atomic E-state index is -4.12. The van der Waals surface area contributed by atoms with E-state index in [0.717, 1.165) is 41.1 Å². The fourth-order valence-electron chi connectivity index (χ4n) is 5.03. The Morgan fingerprint density at radius 3 is 2.17 bits per heavy atom. The number of halogens is 1. The molecule has 1 aliphatic rings. The Bertz CT molecular complexity index is 1390. The second-order valence-corrected chi connectivity index (χ2v) is 12.5. The molecule has 0 heterocycles. The molecule has 40 heavy (non-hydrogen) atoms. The number of nitrogens with one attached hydrogen (secondary N) is 1. The van der Waals surface area contributed by atoms with Gasteiger partial charge in [0.15, 0.2) is 0 Å². The molecule has 1 fully saturated rings. The first-order chi connectivity index (χ1) is 19.2. The largest absolute Gasteiger partial charge is 0.352 e. The molecule has 1 aliphatic carbocycles. The maximum Gasteiger partial charge on any atom is 0.264 e. The van der Waals surface area contributed by atoms with E-state index in [1.807, 2.05) is 38.1 Å². The SMILES string of the molecule is CC[C@@H](C(=O)NC1CCCC1)N(Cc1ccc(C)cc1)C(=O)CN(c1ccccc1)S(=O)(=O)c1ccc(Cl)cc1. The topological polar surface area (TPSA) is 86.8 Å². The molecule has 212 valence electrons. The van der Waals surface area contributed by atoms with Crippen LogP contribution in [0.25, 0.3) is 0 Å². The monoisotopic (exact) mass is 581 g/mol. The Kier molecular flexibility index (Phi) is 9.87. The minimum Gasteiger partial charge on any atom is -0.352 e. The number of rotatable bonds is 11. The van der Waals surface area contributed by atoms with E-state index in [1.54, 1.807) is 30.3 Å². The van der Waals surface area contributed by atoms with E-state index in [9.17, 15) is 18.0 Å². The number of amides is 2. The first-order valence-electron chi connectivity index (χ1n) is 13.7. The molecule has 0 saturated heterocycles. The summed E-state index contributed by atoms with van der Waals surface area (Å²) in [6.45, 7) is 3.57. The van der Waals surface area contributed by atoms with Crippen molar-refractivity contribution in [3.8, 4) is 0 Å². The molecule has 4 rings (SSSR count). The molecule has 2 amide bonds. The van der Waals surface area contributed by atoms with Crippen LogP contribution >= 0.6 is 11.6 Å². The molecule has 0 bridgehead atoms. The summed E-state index contributed by atoms with van der Waals surface area (Å²) in [7, 11) is -4.12. The third-order valence-corrected chi connectivity index (χ3v) is 9.33. The van der Waals surface area contributed by atoms with Crippen molar-refractivity contribution in [2.45, 2.75) is 69.5 Å². The lowest BCUT2D eigenvalue weighted by molar-refractivity contribution is -0.140. The van der Waals surface area contributed by atoms with E-state index in [0.29, 0.717) is 17.1 Å². The molecule has 0 aliphatic heterocycles. The normalized spacial score (nSPS) is 14.5. The van der Waals surface area contributed by atoms with Gasteiger partial charge in [-0.05, 0) is 68.1 Å². The number of sulfonamides is 1. The van der Waals surface area contributed by atoms with E-state index in [4.69, 9.17) is 11.6 Å². The van der Waals surface area contributed by atoms with Gasteiger partial charge in [-0.25, -0.2) is 8.42 Å². The van der Waals surface area contributed by atoms with Crippen LogP contribution in [0, 0.1) is 6.92 Å². The van der Waals surface area contributed by atoms with Gasteiger partial charge in [0, 0.05) is 17.6 Å². The van der Waals surface area contributed by atoms with E-state index >= 15 is 0 Å². The van der Waals surface area contributed by atoms with Crippen LogP contribution in [0.15, 0.2) is 83.8 Å². The van der Waals surface area contributed by atoms with Crippen molar-refractivity contribution in [3.05, 3.63) is 95.0 Å². The molecule has 1 N–H and O–H groups in total. The Hall–Kier alpha value is -3.36. The molecule has 0 unspecified atom stereocenters. The summed E-state index contributed by atoms with van der Waals surface area (Å²) in [5.41, 5.74) is 2.29. The molecule has 0 spiro atoms. The van der Waals surface area contributed by atoms with Crippen LogP contribution in [-0.4, -0.2) is 43.8 Å². The zero-order valence-electron chi connectivity index (χ0n) is 22.9. The zero-order valence-corrected chi connectivity index (χ0v) is 24.5. The molecule has 7 nitrogen and oxygen atoms in total. The van der Waals surface area contributed by atoms with Gasteiger partial charge in [-0.3, -0.25) is 13.9 Å². The fraction of sp³-hybridized carbons (Fsp3) is 0.355. The van der Waals surface area contributed by atoms with Crippen molar-refractivity contribution in [3.63, 3.8) is 0 Å². The Morgan fingerprint density at radius 1 is 0.950 bits per heavy atom. The highest BCUT2D eigenvalue weighted by Gasteiger charge is 2.34. The van der Waals surface area contributed by atoms with Gasteiger partial charge in [-0.15, -0.1) is 0 Å². The summed E-state index contributed by atoms with van der Waals surface area (Å²) in [6, 6.07) is 21.5. The van der Waals surface area contributed by atoms with Gasteiger partial charge in [0.05, 0.1) is 10.6 Å². The van der Waals surface area contributed by atoms with Crippen LogP contribution in [0.4, 0.5) is 5.69 Å². The van der Waals surface area contributed by atoms with Crippen LogP contribution in [-0.2, 0) is 26.2 Å². The molecular formula is C31H36ClN3O4S. The van der Waals surface area contributed by atoms with Crippen molar-refractivity contribution in [2.75, 3.05) is 10.8 Å². The van der Waals surface area contributed by atoms with Gasteiger partial charge >= 0.3 is 0 Å². The van der Waals surface area contributed by atoms with Gasteiger partial charge in [-0.2, -0.15) is 0 Å². The summed E-state index contributed by atoms with van der Waals surface area (Å²) in [6.07, 6.45) is 4.39. The average Bonchev–Trinajstić information content (AvgIpc) is 3.46. The number of nitrogens with zero attached hydrogens (tertiary/aromatic N) is 2. The fourth-order valence-corrected chi connectivity index (χ4v) is 6.57. The van der Waals surface area contributed by atoms with Gasteiger partial charge < -0.3 is 10.2 Å². The molecule has 1 atom stereocenters. The number of anilines is 1. The van der Waals surface area contributed by atoms with Gasteiger partial charge in [0.25, 0.3) is 10.0 Å². The molecule has 3 aromatic carbocycles. The highest BCUT2D eigenvalue weighted by molar-refractivity contribution is 7.92. The summed E-state index contributed by atoms with van der Waals surface area (Å²) in [5, 5.41) is 3.54. The van der Waals surface area contributed by atoms with Crippen molar-refractivity contribution in [1.82, 2.24) is 10.2 Å². The van der Waals surface area contributed by atoms with Gasteiger partial charge in [0.1, 0.15) is 12.6 Å². The molecule has 0 radical (unpaired) electrons. The van der Waals surface area contributed by atoms with E-state index < -0.39 is 28.5 Å². The molecule has 0 aromatic heterocycles. The van der Waals surface area contributed by atoms with Crippen LogP contribution < -0.4 is 9.62 Å². The maximum atomic E-state index is 14.1. The number of hydrogen-bond donors (Lipinski definition) is 1. The number of carbonyl (C=O) groups excluding carboxylic acids is 2. The van der Waals surface area contributed by atoms with Crippen LogP contribution in [0.1, 0.15) is 50.2 Å². The van der Waals surface area contributed by atoms with Crippen molar-refractivity contribution in [2.24, 2.45) is 0 Å². The Balaban J connectivity index is 1.68. The van der Waals surface area contributed by atoms with E-state index in [2.05, 4.69) is 5.32 Å². The van der Waals surface area contributed by atoms with E-state index in [-0.39, 0.29) is 23.4 Å². The van der Waals surface area contributed by atoms with Crippen LogP contribution in [0.5, 0.6) is 0 Å². The summed E-state index contributed by atoms with van der Waals surface area (Å²) >= 11 is 6.01. The summed E-state index contributed by atoms with van der Waals surface area (Å²) in [4.78, 5) is 29.1. The second kappa shape index (κ2) is 13.3. The lowest BCUT2D eigenvalue weighted by Gasteiger charge is -2.33. The summed E-state index contributed by atoms with van der Waals surface area (Å²) < 4.78 is 28.8. The maximum absolute atomic E-state index is 14.1. The van der Waals surface area contributed by atoms with Gasteiger partial charge in [0.2, 0.25) is 11.8 Å². The van der Waals surface area contributed by atoms with Crippen molar-refractivity contribution >= 4 is 39.1 Å². The Labute approximate surface area is 242 Å². The van der Waals surface area contributed by atoms with Crippen LogP contribution in [0.3, 0.4) is 0 Å². The molecule has 1 saturated carbocycles. The molecule has 3 aromatic rings. The van der Waals surface area contributed by atoms with Crippen molar-refractivity contribution < 1.29 is 18.0 Å². The third kappa shape index (κ3) is 7.23. The quantitative estimate of drug-likeness (QED) is 0.314. The Morgan fingerprint density at radius 2 is 1.57 bits per heavy atom. The number of hydrogen-bond acceptors (Lipinski definition) is 4. The number of carbonyl (C=O) groups is 2. The number of para-hydroxylation sites is 1. The first kappa shape index (κ1) is 29.6. The van der Waals surface area contributed by atoms with Crippen LogP contribution in [0.2, 0.25) is 5.02 Å². The standard InChI is InChI=1S/C31H36ClN3O4S/c1-3-29(31(37)33-26-9-7-8-10-26)34(21-24-15-13-23(2)14-16-24)30(36)22-35(27-11-5-4-6-12-27)40(38,39)28-19-17-25(32)18-20-28/h4-6,11-20,26,29H,3,7-10,21-22H2,1-2H3,(H,33,37)/t29-/m0/s1. The lowest BCUT2D eigenvalue weighted by atomic mass is 10.1. The van der Waals surface area contributed by atoms with E-state index in [1.165, 1.54) is 29.2 Å². The lowest BCUT2D eigenvalue weighted by Crippen LogP contribution is -2.53. The predicted molar refractivity (Wildman–Crippen MR) is 159 cm³/mol.